The van der Waals surface area contributed by atoms with Gasteiger partial charge in [0.1, 0.15) is 0 Å². The van der Waals surface area contributed by atoms with Crippen molar-refractivity contribution in [2.75, 3.05) is 13.7 Å². The summed E-state index contributed by atoms with van der Waals surface area (Å²) in [5, 5.41) is 11.8. The molecule has 0 aromatic rings. The Labute approximate surface area is 132 Å². The fourth-order valence-electron chi connectivity index (χ4n) is 2.30. The van der Waals surface area contributed by atoms with Crippen LogP contribution in [0, 0.1) is 11.1 Å². The highest BCUT2D eigenvalue weighted by molar-refractivity contribution is 5.81. The molecule has 0 spiro atoms. The molecule has 0 fully saturated rings. The molecule has 0 bridgehead atoms. The summed E-state index contributed by atoms with van der Waals surface area (Å²) in [7, 11) is 1.36. The Morgan fingerprint density at radius 2 is 2.27 bits per heavy atom. The predicted octanol–water partition coefficient (Wildman–Crippen LogP) is 2.95. The summed E-state index contributed by atoms with van der Waals surface area (Å²) >= 11 is 0. The van der Waals surface area contributed by atoms with E-state index in [1.807, 2.05) is 0 Å². The van der Waals surface area contributed by atoms with Crippen LogP contribution in [0.1, 0.15) is 52.4 Å². The Balaban J connectivity index is 2.38. The van der Waals surface area contributed by atoms with Crippen LogP contribution in [0.3, 0.4) is 0 Å². The number of carbonyl (C=O) groups is 1. The number of nitrogens with zero attached hydrogens (tertiary/aromatic N) is 1. The van der Waals surface area contributed by atoms with E-state index in [2.05, 4.69) is 11.7 Å². The molecule has 0 N–H and O–H groups in total. The molecule has 0 amide bonds. The van der Waals surface area contributed by atoms with Gasteiger partial charge in [-0.3, -0.25) is 5.21 Å². The number of hydrogen-bond donors (Lipinski definition) is 0. The van der Waals surface area contributed by atoms with E-state index < -0.39 is 6.29 Å². The first-order valence-electron chi connectivity index (χ1n) is 7.92. The monoisotopic (exact) mass is 313 g/mol. The molecule has 0 saturated carbocycles. The highest BCUT2D eigenvalue weighted by Gasteiger charge is 2.30. The summed E-state index contributed by atoms with van der Waals surface area (Å²) in [5.41, 5.74) is 0.687. The van der Waals surface area contributed by atoms with Crippen LogP contribution in [-0.4, -0.2) is 36.6 Å². The Morgan fingerprint density at radius 1 is 1.50 bits per heavy atom. The van der Waals surface area contributed by atoms with E-state index in [0.29, 0.717) is 23.6 Å². The second kappa shape index (κ2) is 10.2. The van der Waals surface area contributed by atoms with Crippen molar-refractivity contribution in [3.05, 3.63) is 17.4 Å². The van der Waals surface area contributed by atoms with Gasteiger partial charge in [0, 0.05) is 36.8 Å². The van der Waals surface area contributed by atoms with Crippen molar-refractivity contribution in [2.45, 2.75) is 58.7 Å². The minimum Gasteiger partial charge on any atom is -0.466 e. The first-order chi connectivity index (χ1) is 10.6. The standard InChI is InChI=1S/C16H27NO5/c1-4-5-11-21-16-12-14(13(2)17(19)22-16)9-7-6-8-10-15(18)20-3/h8,10,14,16H,4-7,9,11-12H2,1-3H3/b10-8-/t14-,16+/m1/s1. The maximum Gasteiger partial charge on any atom is 0.330 e. The summed E-state index contributed by atoms with van der Waals surface area (Å²) in [4.78, 5) is 16.7. The molecule has 0 aliphatic carbocycles. The van der Waals surface area contributed by atoms with Crippen LogP contribution in [0.5, 0.6) is 0 Å². The zero-order valence-corrected chi connectivity index (χ0v) is 13.7. The van der Waals surface area contributed by atoms with Gasteiger partial charge in [0.2, 0.25) is 5.71 Å². The van der Waals surface area contributed by atoms with Crippen LogP contribution < -0.4 is 0 Å². The Bertz CT molecular complexity index is 405. The Hall–Kier alpha value is -1.56. The van der Waals surface area contributed by atoms with E-state index in [9.17, 15) is 10.0 Å². The Morgan fingerprint density at radius 3 is 2.95 bits per heavy atom. The first-order valence-corrected chi connectivity index (χ1v) is 7.92. The number of methoxy groups -OCH3 is 1. The fourth-order valence-corrected chi connectivity index (χ4v) is 2.30. The molecule has 126 valence electrons. The van der Waals surface area contributed by atoms with Gasteiger partial charge in [-0.05, 0) is 25.7 Å². The van der Waals surface area contributed by atoms with Crippen molar-refractivity contribution in [2.24, 2.45) is 5.92 Å². The molecule has 0 radical (unpaired) electrons. The number of hydrogen-bond acceptors (Lipinski definition) is 5. The van der Waals surface area contributed by atoms with E-state index >= 15 is 0 Å². The molecule has 0 saturated heterocycles. The highest BCUT2D eigenvalue weighted by atomic mass is 16.9. The topological polar surface area (TPSA) is 70.8 Å². The van der Waals surface area contributed by atoms with Crippen molar-refractivity contribution in [3.63, 3.8) is 0 Å². The van der Waals surface area contributed by atoms with Crippen LogP contribution in [0.15, 0.2) is 12.2 Å². The summed E-state index contributed by atoms with van der Waals surface area (Å²) in [6.45, 7) is 4.50. The normalized spacial score (nSPS) is 22.0. The third-order valence-corrected chi connectivity index (χ3v) is 3.75. The fraction of sp³-hybridized carbons (Fsp3) is 0.750. The molecule has 2 atom stereocenters. The molecule has 1 aliphatic rings. The molecule has 0 aromatic carbocycles. The van der Waals surface area contributed by atoms with Crippen molar-refractivity contribution >= 4 is 11.7 Å². The van der Waals surface area contributed by atoms with Crippen molar-refractivity contribution in [3.8, 4) is 0 Å². The average molecular weight is 313 g/mol. The van der Waals surface area contributed by atoms with E-state index in [-0.39, 0.29) is 11.9 Å². The highest BCUT2D eigenvalue weighted by Crippen LogP contribution is 2.23. The van der Waals surface area contributed by atoms with Crippen LogP contribution in [0.4, 0.5) is 0 Å². The van der Waals surface area contributed by atoms with Gasteiger partial charge in [-0.25, -0.2) is 4.79 Å². The average Bonchev–Trinajstić information content (AvgIpc) is 2.51. The van der Waals surface area contributed by atoms with Gasteiger partial charge in [-0.2, -0.15) is 0 Å². The minimum absolute atomic E-state index is 0.157. The van der Waals surface area contributed by atoms with Gasteiger partial charge in [-0.1, -0.05) is 19.4 Å². The molecular weight excluding hydrogens is 286 g/mol. The number of unbranched alkanes of at least 4 members (excludes halogenated alkanes) is 2. The second-order valence-corrected chi connectivity index (χ2v) is 5.45. The molecule has 1 aliphatic heterocycles. The summed E-state index contributed by atoms with van der Waals surface area (Å²) in [5.74, 6) is -0.187. The molecule has 22 heavy (non-hydrogen) atoms. The number of rotatable bonds is 9. The first kappa shape index (κ1) is 18.5. The molecule has 1 rings (SSSR count). The lowest BCUT2D eigenvalue weighted by molar-refractivity contribution is -0.773. The molecule has 6 heteroatoms. The lowest BCUT2D eigenvalue weighted by Crippen LogP contribution is -2.37. The van der Waals surface area contributed by atoms with Crippen LogP contribution in [0.2, 0.25) is 0 Å². The number of ether oxygens (including phenoxy) is 2. The maximum absolute atomic E-state index is 11.8. The van der Waals surface area contributed by atoms with Gasteiger partial charge in [0.25, 0.3) is 0 Å². The zero-order chi connectivity index (χ0) is 16.4. The van der Waals surface area contributed by atoms with Crippen molar-refractivity contribution < 1.29 is 24.0 Å². The molecule has 0 aromatic heterocycles. The third-order valence-electron chi connectivity index (χ3n) is 3.75. The smallest absolute Gasteiger partial charge is 0.330 e. The predicted molar refractivity (Wildman–Crippen MR) is 83.2 cm³/mol. The van der Waals surface area contributed by atoms with Crippen molar-refractivity contribution in [1.29, 1.82) is 0 Å². The molecular formula is C16H27NO5. The van der Waals surface area contributed by atoms with Crippen LogP contribution in [-0.2, 0) is 19.1 Å². The third kappa shape index (κ3) is 6.47. The van der Waals surface area contributed by atoms with E-state index in [0.717, 1.165) is 32.1 Å². The minimum atomic E-state index is -0.455. The second-order valence-electron chi connectivity index (χ2n) is 5.45. The van der Waals surface area contributed by atoms with E-state index in [1.165, 1.54) is 13.2 Å². The largest absolute Gasteiger partial charge is 0.466 e. The lowest BCUT2D eigenvalue weighted by atomic mass is 9.93. The van der Waals surface area contributed by atoms with Gasteiger partial charge in [0.15, 0.2) is 6.29 Å². The lowest BCUT2D eigenvalue weighted by Gasteiger charge is -2.29. The summed E-state index contributed by atoms with van der Waals surface area (Å²) in [6.07, 6.45) is 8.03. The molecule has 0 unspecified atom stereocenters. The molecule has 1 heterocycles. The number of esters is 1. The summed E-state index contributed by atoms with van der Waals surface area (Å²) < 4.78 is 10.1. The van der Waals surface area contributed by atoms with Crippen molar-refractivity contribution in [1.82, 2.24) is 0 Å². The Kier molecular flexibility index (Phi) is 8.58. The SMILES string of the molecule is CCCCO[C@@H]1C[C@@H](CCC/C=C\C(=O)OC)C(C)=[N+]([O-])O1. The molecule has 6 nitrogen and oxygen atoms in total. The van der Waals surface area contributed by atoms with Crippen LogP contribution in [0.25, 0.3) is 0 Å². The van der Waals surface area contributed by atoms with E-state index in [1.54, 1.807) is 13.0 Å². The number of carbonyl (C=O) groups excluding carboxylic acids is 1. The number of allylic oxidation sites excluding steroid dienone is 1. The zero-order valence-electron chi connectivity index (χ0n) is 13.7. The summed E-state index contributed by atoms with van der Waals surface area (Å²) in [6, 6.07) is 0. The van der Waals surface area contributed by atoms with E-state index in [4.69, 9.17) is 9.57 Å². The van der Waals surface area contributed by atoms with Gasteiger partial charge in [0.05, 0.1) is 7.11 Å². The van der Waals surface area contributed by atoms with Crippen LogP contribution >= 0.6 is 0 Å². The van der Waals surface area contributed by atoms with Gasteiger partial charge < -0.3 is 14.3 Å². The van der Waals surface area contributed by atoms with Gasteiger partial charge in [-0.15, -0.1) is 0 Å². The van der Waals surface area contributed by atoms with Gasteiger partial charge >= 0.3 is 5.97 Å². The quantitative estimate of drug-likeness (QED) is 0.283. The maximum atomic E-state index is 11.8.